The van der Waals surface area contributed by atoms with Gasteiger partial charge in [0.1, 0.15) is 5.75 Å². The summed E-state index contributed by atoms with van der Waals surface area (Å²) in [7, 11) is 0. The van der Waals surface area contributed by atoms with E-state index in [1.165, 1.54) is 0 Å². The molecule has 2 aromatic carbocycles. The first-order chi connectivity index (χ1) is 9.70. The molecule has 0 amide bonds. The molecule has 0 atom stereocenters. The van der Waals surface area contributed by atoms with Crippen molar-refractivity contribution in [2.75, 3.05) is 0 Å². The fourth-order valence-corrected chi connectivity index (χ4v) is 2.32. The molecule has 0 spiro atoms. The molecule has 1 N–H and O–H groups in total. The first-order valence-electron chi connectivity index (χ1n) is 6.07. The highest BCUT2D eigenvalue weighted by Gasteiger charge is 2.09. The smallest absolute Gasteiger partial charge is 0.231 e. The Kier molecular flexibility index (Phi) is 3.52. The molecule has 20 heavy (non-hydrogen) atoms. The second-order valence-corrected chi connectivity index (χ2v) is 5.28. The molecule has 0 radical (unpaired) electrons. The van der Waals surface area contributed by atoms with E-state index < -0.39 is 0 Å². The topological polar surface area (TPSA) is 59.2 Å². The Balaban J connectivity index is 1.82. The van der Waals surface area contributed by atoms with Crippen molar-refractivity contribution in [2.24, 2.45) is 0 Å². The maximum atomic E-state index is 9.26. The molecule has 0 bridgehead atoms. The zero-order valence-corrected chi connectivity index (χ0v) is 12.0. The molecule has 0 saturated carbocycles. The summed E-state index contributed by atoms with van der Waals surface area (Å²) in [6.45, 7) is 0. The normalized spacial score (nSPS) is 10.7. The molecule has 1 aromatic heterocycles. The Morgan fingerprint density at radius 3 is 2.65 bits per heavy atom. The Hall–Kier alpha value is -2.14. The summed E-state index contributed by atoms with van der Waals surface area (Å²) in [6, 6.07) is 14.7. The highest BCUT2D eigenvalue weighted by atomic mass is 79.9. The van der Waals surface area contributed by atoms with Gasteiger partial charge in [-0.05, 0) is 42.0 Å². The monoisotopic (exact) mass is 330 g/mol. The Morgan fingerprint density at radius 2 is 1.90 bits per heavy atom. The van der Waals surface area contributed by atoms with Crippen LogP contribution in [0.3, 0.4) is 0 Å². The summed E-state index contributed by atoms with van der Waals surface area (Å²) in [4.78, 5) is 4.36. The van der Waals surface area contributed by atoms with Gasteiger partial charge in [-0.15, -0.1) is 0 Å². The van der Waals surface area contributed by atoms with Crippen LogP contribution in [-0.4, -0.2) is 15.2 Å². The van der Waals surface area contributed by atoms with Crippen LogP contribution in [0.2, 0.25) is 0 Å². The molecular formula is C15H11BrN2O2. The molecule has 0 fully saturated rings. The predicted octanol–water partition coefficient (Wildman–Crippen LogP) is 3.80. The lowest BCUT2D eigenvalue weighted by Crippen LogP contribution is -1.88. The van der Waals surface area contributed by atoms with E-state index in [1.807, 2.05) is 24.3 Å². The van der Waals surface area contributed by atoms with E-state index in [0.29, 0.717) is 18.1 Å². The van der Waals surface area contributed by atoms with E-state index in [1.54, 1.807) is 24.3 Å². The average Bonchev–Trinajstić information content (AvgIpc) is 2.88. The third-order valence-electron chi connectivity index (χ3n) is 2.84. The van der Waals surface area contributed by atoms with E-state index in [2.05, 4.69) is 26.1 Å². The lowest BCUT2D eigenvalue weighted by molar-refractivity contribution is 0.385. The van der Waals surface area contributed by atoms with Crippen LogP contribution in [0.5, 0.6) is 5.75 Å². The quantitative estimate of drug-likeness (QED) is 0.793. The molecule has 100 valence electrons. The average molecular weight is 331 g/mol. The summed E-state index contributed by atoms with van der Waals surface area (Å²) in [5, 5.41) is 13.2. The largest absolute Gasteiger partial charge is 0.508 e. The second kappa shape index (κ2) is 5.46. The van der Waals surface area contributed by atoms with Gasteiger partial charge in [0.2, 0.25) is 11.7 Å². The minimum Gasteiger partial charge on any atom is -0.508 e. The molecule has 0 aliphatic carbocycles. The molecule has 3 rings (SSSR count). The fourth-order valence-electron chi connectivity index (χ4n) is 1.88. The summed E-state index contributed by atoms with van der Waals surface area (Å²) < 4.78 is 6.28. The molecule has 0 aliphatic heterocycles. The number of hydrogen-bond acceptors (Lipinski definition) is 4. The molecule has 4 nitrogen and oxygen atoms in total. The Morgan fingerprint density at radius 1 is 1.10 bits per heavy atom. The van der Waals surface area contributed by atoms with Crippen LogP contribution in [0.15, 0.2) is 57.5 Å². The van der Waals surface area contributed by atoms with Crippen LogP contribution < -0.4 is 0 Å². The first kappa shape index (κ1) is 12.9. The summed E-state index contributed by atoms with van der Waals surface area (Å²) >= 11 is 3.43. The Labute approximate surface area is 124 Å². The van der Waals surface area contributed by atoms with Gasteiger partial charge in [0.25, 0.3) is 0 Å². The van der Waals surface area contributed by atoms with Crippen molar-refractivity contribution in [2.45, 2.75) is 6.42 Å². The number of aromatic hydroxyl groups is 1. The van der Waals surface area contributed by atoms with Gasteiger partial charge in [-0.25, -0.2) is 0 Å². The molecule has 0 unspecified atom stereocenters. The first-order valence-corrected chi connectivity index (χ1v) is 6.86. The third-order valence-corrected chi connectivity index (χ3v) is 3.33. The number of phenols is 1. The van der Waals surface area contributed by atoms with Crippen LogP contribution >= 0.6 is 15.9 Å². The van der Waals surface area contributed by atoms with E-state index in [-0.39, 0.29) is 5.75 Å². The van der Waals surface area contributed by atoms with E-state index in [4.69, 9.17) is 4.52 Å². The van der Waals surface area contributed by atoms with Crippen LogP contribution in [0.1, 0.15) is 11.5 Å². The van der Waals surface area contributed by atoms with Crippen molar-refractivity contribution in [3.05, 3.63) is 64.5 Å². The number of hydrogen-bond donors (Lipinski definition) is 1. The minimum absolute atomic E-state index is 0.214. The highest BCUT2D eigenvalue weighted by Crippen LogP contribution is 2.20. The predicted molar refractivity (Wildman–Crippen MR) is 78.3 cm³/mol. The zero-order valence-electron chi connectivity index (χ0n) is 10.5. The van der Waals surface area contributed by atoms with Gasteiger partial charge in [-0.2, -0.15) is 4.98 Å². The lowest BCUT2D eigenvalue weighted by Gasteiger charge is -1.97. The molecule has 1 heterocycles. The molecule has 5 heteroatoms. The number of benzene rings is 2. The number of rotatable bonds is 3. The molecule has 3 aromatic rings. The minimum atomic E-state index is 0.214. The number of phenolic OH excluding ortho intramolecular Hbond substituents is 1. The van der Waals surface area contributed by atoms with Crippen LogP contribution in [0.25, 0.3) is 11.4 Å². The van der Waals surface area contributed by atoms with Crippen LogP contribution in [0, 0.1) is 0 Å². The lowest BCUT2D eigenvalue weighted by atomic mass is 10.1. The van der Waals surface area contributed by atoms with Gasteiger partial charge >= 0.3 is 0 Å². The summed E-state index contributed by atoms with van der Waals surface area (Å²) in [5.74, 6) is 1.30. The summed E-state index contributed by atoms with van der Waals surface area (Å²) in [6.07, 6.45) is 0.588. The van der Waals surface area contributed by atoms with Crippen molar-refractivity contribution < 1.29 is 9.63 Å². The number of aromatic nitrogens is 2. The van der Waals surface area contributed by atoms with Gasteiger partial charge in [0.05, 0.1) is 6.42 Å². The van der Waals surface area contributed by atoms with Crippen molar-refractivity contribution in [3.8, 4) is 17.1 Å². The Bertz CT molecular complexity index is 723. The van der Waals surface area contributed by atoms with E-state index in [0.717, 1.165) is 15.6 Å². The van der Waals surface area contributed by atoms with Gasteiger partial charge in [0.15, 0.2) is 0 Å². The zero-order chi connectivity index (χ0) is 13.9. The van der Waals surface area contributed by atoms with Crippen molar-refractivity contribution >= 4 is 15.9 Å². The number of halogens is 1. The van der Waals surface area contributed by atoms with Gasteiger partial charge < -0.3 is 9.63 Å². The highest BCUT2D eigenvalue weighted by molar-refractivity contribution is 9.10. The third kappa shape index (κ3) is 2.88. The molecule has 0 aliphatic rings. The van der Waals surface area contributed by atoms with Crippen molar-refractivity contribution in [1.82, 2.24) is 10.1 Å². The standard InChI is InChI=1S/C15H11BrN2O2/c16-12-3-1-2-10(8-12)9-14-17-15(18-20-14)11-4-6-13(19)7-5-11/h1-8,19H,9H2. The van der Waals surface area contributed by atoms with Crippen molar-refractivity contribution in [3.63, 3.8) is 0 Å². The SMILES string of the molecule is Oc1ccc(-c2noc(Cc3cccc(Br)c3)n2)cc1. The van der Waals surface area contributed by atoms with Gasteiger partial charge in [-0.1, -0.05) is 33.2 Å². The fraction of sp³-hybridized carbons (Fsp3) is 0.0667. The summed E-state index contributed by atoms with van der Waals surface area (Å²) in [5.41, 5.74) is 1.91. The van der Waals surface area contributed by atoms with E-state index in [9.17, 15) is 5.11 Å². The molecular weight excluding hydrogens is 320 g/mol. The van der Waals surface area contributed by atoms with Gasteiger partial charge in [0, 0.05) is 10.0 Å². The van der Waals surface area contributed by atoms with E-state index >= 15 is 0 Å². The van der Waals surface area contributed by atoms with Crippen LogP contribution in [0.4, 0.5) is 0 Å². The maximum Gasteiger partial charge on any atom is 0.231 e. The second-order valence-electron chi connectivity index (χ2n) is 4.37. The van der Waals surface area contributed by atoms with Crippen molar-refractivity contribution in [1.29, 1.82) is 0 Å². The molecule has 0 saturated heterocycles. The maximum absolute atomic E-state index is 9.26. The van der Waals surface area contributed by atoms with Crippen LogP contribution in [-0.2, 0) is 6.42 Å². The van der Waals surface area contributed by atoms with Gasteiger partial charge in [-0.3, -0.25) is 0 Å². The number of nitrogens with zero attached hydrogens (tertiary/aromatic N) is 2.